The van der Waals surface area contributed by atoms with Crippen LogP contribution in [0.2, 0.25) is 0 Å². The third kappa shape index (κ3) is 1.83. The van der Waals surface area contributed by atoms with Crippen LogP contribution in [-0.2, 0) is 6.54 Å². The van der Waals surface area contributed by atoms with Crippen LogP contribution in [0, 0.1) is 11.8 Å². The van der Waals surface area contributed by atoms with Gasteiger partial charge in [-0.1, -0.05) is 13.0 Å². The molecule has 1 saturated carbocycles. The summed E-state index contributed by atoms with van der Waals surface area (Å²) in [6.07, 6.45) is 5.26. The van der Waals surface area contributed by atoms with Gasteiger partial charge in [0, 0.05) is 24.6 Å². The number of nitrogens with one attached hydrogen (secondary N) is 1. The molecule has 0 amide bonds. The molecule has 84 valence electrons. The van der Waals surface area contributed by atoms with Crippen molar-refractivity contribution in [2.45, 2.75) is 19.9 Å². The summed E-state index contributed by atoms with van der Waals surface area (Å²) >= 11 is 0. The first-order valence-corrected chi connectivity index (χ1v) is 5.96. The van der Waals surface area contributed by atoms with E-state index in [1.165, 1.54) is 12.1 Å². The molecule has 0 saturated heterocycles. The normalized spacial score (nSPS) is 23.8. The maximum absolute atomic E-state index is 4.28. The van der Waals surface area contributed by atoms with Gasteiger partial charge in [0.05, 0.1) is 0 Å². The van der Waals surface area contributed by atoms with Crippen molar-refractivity contribution in [3.63, 3.8) is 0 Å². The standard InChI is InChI=1S/C13H17N3/c1-10-7-11(10)8-14-9-12-3-2-4-13-15-5-6-16(12)13/h2-6,10-11,14H,7-9H2,1H3. The number of rotatable bonds is 4. The minimum atomic E-state index is 0.905. The molecule has 0 radical (unpaired) electrons. The van der Waals surface area contributed by atoms with E-state index in [0.29, 0.717) is 0 Å². The second-order valence-corrected chi connectivity index (χ2v) is 4.78. The van der Waals surface area contributed by atoms with Crippen molar-refractivity contribution in [2.75, 3.05) is 6.54 Å². The molecule has 2 aromatic heterocycles. The Kier molecular flexibility index (Phi) is 2.40. The van der Waals surface area contributed by atoms with Gasteiger partial charge in [-0.3, -0.25) is 0 Å². The Morgan fingerprint density at radius 1 is 1.50 bits per heavy atom. The Balaban J connectivity index is 1.66. The molecule has 1 fully saturated rings. The molecular formula is C13H17N3. The maximum atomic E-state index is 4.28. The number of aromatic nitrogens is 2. The predicted octanol–water partition coefficient (Wildman–Crippen LogP) is 2.08. The third-order valence-corrected chi connectivity index (χ3v) is 3.50. The van der Waals surface area contributed by atoms with E-state index in [9.17, 15) is 0 Å². The Labute approximate surface area is 95.5 Å². The zero-order valence-corrected chi connectivity index (χ0v) is 9.56. The lowest BCUT2D eigenvalue weighted by molar-refractivity contribution is 0.602. The van der Waals surface area contributed by atoms with Crippen molar-refractivity contribution >= 4 is 5.65 Å². The highest BCUT2D eigenvalue weighted by Crippen LogP contribution is 2.36. The second-order valence-electron chi connectivity index (χ2n) is 4.78. The van der Waals surface area contributed by atoms with Crippen LogP contribution in [-0.4, -0.2) is 15.9 Å². The van der Waals surface area contributed by atoms with E-state index in [4.69, 9.17) is 0 Å². The van der Waals surface area contributed by atoms with Crippen molar-refractivity contribution in [2.24, 2.45) is 11.8 Å². The topological polar surface area (TPSA) is 29.3 Å². The van der Waals surface area contributed by atoms with Gasteiger partial charge < -0.3 is 9.72 Å². The summed E-state index contributed by atoms with van der Waals surface area (Å²) in [6.45, 7) is 4.39. The van der Waals surface area contributed by atoms with E-state index in [2.05, 4.69) is 33.8 Å². The lowest BCUT2D eigenvalue weighted by Gasteiger charge is -2.06. The van der Waals surface area contributed by atoms with Crippen LogP contribution in [0.25, 0.3) is 5.65 Å². The summed E-state index contributed by atoms with van der Waals surface area (Å²) in [5.41, 5.74) is 2.31. The summed E-state index contributed by atoms with van der Waals surface area (Å²) in [5, 5.41) is 3.53. The van der Waals surface area contributed by atoms with Crippen LogP contribution >= 0.6 is 0 Å². The highest BCUT2D eigenvalue weighted by atomic mass is 15.0. The number of pyridine rings is 1. The molecule has 1 N–H and O–H groups in total. The number of nitrogens with zero attached hydrogens (tertiary/aromatic N) is 2. The molecule has 3 heteroatoms. The molecule has 0 aromatic carbocycles. The fraction of sp³-hybridized carbons (Fsp3) is 0.462. The molecule has 0 bridgehead atoms. The summed E-state index contributed by atoms with van der Waals surface area (Å²) in [4.78, 5) is 4.28. The lowest BCUT2D eigenvalue weighted by Crippen LogP contribution is -2.18. The van der Waals surface area contributed by atoms with E-state index in [-0.39, 0.29) is 0 Å². The van der Waals surface area contributed by atoms with Crippen LogP contribution in [0.1, 0.15) is 19.0 Å². The van der Waals surface area contributed by atoms with Gasteiger partial charge in [-0.2, -0.15) is 0 Å². The van der Waals surface area contributed by atoms with E-state index < -0.39 is 0 Å². The van der Waals surface area contributed by atoms with Crippen LogP contribution < -0.4 is 5.32 Å². The zero-order chi connectivity index (χ0) is 11.0. The third-order valence-electron chi connectivity index (χ3n) is 3.50. The summed E-state index contributed by atoms with van der Waals surface area (Å²) < 4.78 is 2.14. The van der Waals surface area contributed by atoms with Crippen molar-refractivity contribution in [1.29, 1.82) is 0 Å². The molecular weight excluding hydrogens is 198 g/mol. The van der Waals surface area contributed by atoms with Gasteiger partial charge in [-0.25, -0.2) is 4.98 Å². The zero-order valence-electron chi connectivity index (χ0n) is 9.56. The Morgan fingerprint density at radius 3 is 3.19 bits per heavy atom. The number of hydrogen-bond acceptors (Lipinski definition) is 2. The first-order chi connectivity index (χ1) is 7.84. The Hall–Kier alpha value is -1.35. The fourth-order valence-corrected chi connectivity index (χ4v) is 2.22. The number of imidazole rings is 1. The van der Waals surface area contributed by atoms with Gasteiger partial charge in [-0.05, 0) is 36.9 Å². The summed E-state index contributed by atoms with van der Waals surface area (Å²) in [5.74, 6) is 1.83. The maximum Gasteiger partial charge on any atom is 0.136 e. The van der Waals surface area contributed by atoms with Gasteiger partial charge in [0.1, 0.15) is 5.65 Å². The highest BCUT2D eigenvalue weighted by molar-refractivity contribution is 5.39. The molecule has 2 aromatic rings. The van der Waals surface area contributed by atoms with E-state index in [0.717, 1.165) is 30.6 Å². The van der Waals surface area contributed by atoms with Crippen LogP contribution in [0.3, 0.4) is 0 Å². The van der Waals surface area contributed by atoms with Gasteiger partial charge in [0.2, 0.25) is 0 Å². The van der Waals surface area contributed by atoms with Crippen molar-refractivity contribution in [3.8, 4) is 0 Å². The van der Waals surface area contributed by atoms with E-state index >= 15 is 0 Å². The Morgan fingerprint density at radius 2 is 2.38 bits per heavy atom. The second kappa shape index (κ2) is 3.91. The number of fused-ring (bicyclic) bond motifs is 1. The first-order valence-electron chi connectivity index (χ1n) is 5.96. The molecule has 0 spiro atoms. The van der Waals surface area contributed by atoms with Gasteiger partial charge >= 0.3 is 0 Å². The molecule has 1 aliphatic rings. The molecule has 1 aliphatic carbocycles. The van der Waals surface area contributed by atoms with Gasteiger partial charge in [0.25, 0.3) is 0 Å². The van der Waals surface area contributed by atoms with Crippen LogP contribution in [0.5, 0.6) is 0 Å². The molecule has 2 unspecified atom stereocenters. The van der Waals surface area contributed by atoms with Crippen molar-refractivity contribution < 1.29 is 0 Å². The average Bonchev–Trinajstić information content (AvgIpc) is 2.81. The molecule has 3 nitrogen and oxygen atoms in total. The van der Waals surface area contributed by atoms with E-state index in [1.807, 2.05) is 18.5 Å². The molecule has 3 rings (SSSR count). The highest BCUT2D eigenvalue weighted by Gasteiger charge is 2.31. The van der Waals surface area contributed by atoms with Gasteiger partial charge in [0.15, 0.2) is 0 Å². The largest absolute Gasteiger partial charge is 0.311 e. The van der Waals surface area contributed by atoms with Gasteiger partial charge in [-0.15, -0.1) is 0 Å². The van der Waals surface area contributed by atoms with Crippen molar-refractivity contribution in [3.05, 3.63) is 36.3 Å². The summed E-state index contributed by atoms with van der Waals surface area (Å²) in [7, 11) is 0. The quantitative estimate of drug-likeness (QED) is 0.846. The minimum absolute atomic E-state index is 0.905. The molecule has 0 aliphatic heterocycles. The monoisotopic (exact) mass is 215 g/mol. The minimum Gasteiger partial charge on any atom is -0.311 e. The average molecular weight is 215 g/mol. The van der Waals surface area contributed by atoms with Crippen molar-refractivity contribution in [1.82, 2.24) is 14.7 Å². The first kappa shape index (κ1) is 9.85. The Bertz CT molecular complexity index is 489. The van der Waals surface area contributed by atoms with Crippen LogP contribution in [0.4, 0.5) is 0 Å². The van der Waals surface area contributed by atoms with Crippen LogP contribution in [0.15, 0.2) is 30.6 Å². The SMILES string of the molecule is CC1CC1CNCc1cccc2nccn12. The lowest BCUT2D eigenvalue weighted by atomic mass is 10.3. The molecule has 2 atom stereocenters. The molecule has 2 heterocycles. The van der Waals surface area contributed by atoms with E-state index in [1.54, 1.807) is 0 Å². The molecule has 16 heavy (non-hydrogen) atoms. The predicted molar refractivity (Wildman–Crippen MR) is 64.2 cm³/mol. The fourth-order valence-electron chi connectivity index (χ4n) is 2.22. The number of hydrogen-bond donors (Lipinski definition) is 1. The summed E-state index contributed by atoms with van der Waals surface area (Å²) in [6, 6.07) is 6.25. The smallest absolute Gasteiger partial charge is 0.136 e.